The Balaban J connectivity index is 3.91. The van der Waals surface area contributed by atoms with Gasteiger partial charge in [0.15, 0.2) is 5.12 Å². The van der Waals surface area contributed by atoms with Crippen molar-refractivity contribution in [3.63, 3.8) is 0 Å². The first-order valence-corrected chi connectivity index (χ1v) is 6.60. The van der Waals surface area contributed by atoms with Crippen molar-refractivity contribution in [1.29, 1.82) is 0 Å². The predicted molar refractivity (Wildman–Crippen MR) is 74.8 cm³/mol. The molecule has 0 aliphatic rings. The van der Waals surface area contributed by atoms with Gasteiger partial charge in [-0.2, -0.15) is 0 Å². The third-order valence-corrected chi connectivity index (χ3v) is 3.12. The molecule has 2 atom stereocenters. The second kappa shape index (κ2) is 8.16. The van der Waals surface area contributed by atoms with Gasteiger partial charge in [0.1, 0.15) is 19.2 Å². The highest BCUT2D eigenvalue weighted by Gasteiger charge is 2.23. The molecule has 0 amide bonds. The lowest BCUT2D eigenvalue weighted by Gasteiger charge is -2.24. The third-order valence-electron chi connectivity index (χ3n) is 1.84. The van der Waals surface area contributed by atoms with E-state index in [0.29, 0.717) is 17.6 Å². The third kappa shape index (κ3) is 8.92. The molecule has 0 spiro atoms. The minimum absolute atomic E-state index is 0.171. The molecule has 0 rings (SSSR count). The fraction of sp³-hybridized carbons (Fsp3) is 0.800. The quantitative estimate of drug-likeness (QED) is 0.169. The normalized spacial score (nSPS) is 15.2. The number of nitrogens with zero attached hydrogens (tertiary/aromatic N) is 1. The summed E-state index contributed by atoms with van der Waals surface area (Å²) in [6, 6.07) is -0.946. The summed E-state index contributed by atoms with van der Waals surface area (Å²) in [5.41, 5.74) is 5.60. The van der Waals surface area contributed by atoms with E-state index in [1.807, 2.05) is 21.1 Å². The summed E-state index contributed by atoms with van der Waals surface area (Å²) >= 11 is 5.69. The number of rotatable bonds is 7. The van der Waals surface area contributed by atoms with Crippen LogP contribution >= 0.6 is 24.0 Å². The summed E-state index contributed by atoms with van der Waals surface area (Å²) in [4.78, 5) is 20.4. The van der Waals surface area contributed by atoms with Gasteiger partial charge in [-0.05, 0) is 11.8 Å². The molecule has 18 heavy (non-hydrogen) atoms. The molecule has 0 aromatic heterocycles. The summed E-state index contributed by atoms with van der Waals surface area (Å²) in [7, 11) is 6.01. The Morgan fingerprint density at radius 3 is 2.50 bits per heavy atom. The predicted octanol–water partition coefficient (Wildman–Crippen LogP) is -0.106. The van der Waals surface area contributed by atoms with Gasteiger partial charge < -0.3 is 15.3 Å². The van der Waals surface area contributed by atoms with Crippen LogP contribution in [0.15, 0.2) is 0 Å². The molecule has 0 aliphatic heterocycles. The molecule has 6 nitrogen and oxygen atoms in total. The van der Waals surface area contributed by atoms with Gasteiger partial charge in [-0.3, -0.25) is 4.79 Å². The second-order valence-electron chi connectivity index (χ2n) is 4.76. The van der Waals surface area contributed by atoms with Gasteiger partial charge in [0.2, 0.25) is 6.29 Å². The number of nitrogens with two attached hydrogens (primary N) is 1. The van der Waals surface area contributed by atoms with Crippen molar-refractivity contribution in [2.24, 2.45) is 5.73 Å². The first-order chi connectivity index (χ1) is 8.13. The van der Waals surface area contributed by atoms with Crippen molar-refractivity contribution in [1.82, 2.24) is 0 Å². The molecule has 0 bridgehead atoms. The van der Waals surface area contributed by atoms with E-state index in [4.69, 9.17) is 27.7 Å². The number of aliphatic hydroxyl groups is 1. The summed E-state index contributed by atoms with van der Waals surface area (Å²) in [6.07, 6.45) is -1.38. The molecule has 1 unspecified atom stereocenters. The Hall–Kier alpha value is -0.0900. The zero-order valence-electron chi connectivity index (χ0n) is 11.1. The van der Waals surface area contributed by atoms with Crippen LogP contribution in [0.4, 0.5) is 0 Å². The molecule has 3 N–H and O–H groups in total. The largest absolute Gasteiger partial charge is 0.364 e. The lowest BCUT2D eigenvalue weighted by Crippen LogP contribution is -2.42. The van der Waals surface area contributed by atoms with Crippen LogP contribution in [-0.2, 0) is 14.6 Å². The molecule has 0 aliphatic carbocycles. The molecule has 0 aromatic rings. The fourth-order valence-electron chi connectivity index (χ4n) is 0.815. The monoisotopic (exact) mass is 297 g/mol. The maximum atomic E-state index is 10.8. The first kappa shape index (κ1) is 17.9. The van der Waals surface area contributed by atoms with E-state index < -0.39 is 12.3 Å². The standard InChI is InChI=1S/C10H21N2O4S2/c1-7(13)18-10(17)8(11)9(14)16-15-6-5-12(2,3)4/h8-9,14H,5-6,11H2,1-4H3/q+1/t8-,9?/m1/s1. The highest BCUT2D eigenvalue weighted by Crippen LogP contribution is 2.11. The van der Waals surface area contributed by atoms with Gasteiger partial charge in [-0.25, -0.2) is 9.78 Å². The Morgan fingerprint density at radius 1 is 1.50 bits per heavy atom. The number of likely N-dealkylation sites (N-methyl/N-ethyl adjacent to an activating group) is 1. The van der Waals surface area contributed by atoms with Gasteiger partial charge >= 0.3 is 0 Å². The summed E-state index contributed by atoms with van der Waals surface area (Å²) < 4.78 is 0.884. The van der Waals surface area contributed by atoms with E-state index in [1.54, 1.807) is 0 Å². The van der Waals surface area contributed by atoms with Gasteiger partial charge in [0.25, 0.3) is 0 Å². The van der Waals surface area contributed by atoms with E-state index in [0.717, 1.165) is 11.8 Å². The summed E-state index contributed by atoms with van der Waals surface area (Å²) in [5.74, 6) is 0. The van der Waals surface area contributed by atoms with Crippen molar-refractivity contribution in [3.05, 3.63) is 0 Å². The van der Waals surface area contributed by atoms with Crippen molar-refractivity contribution in [2.75, 3.05) is 34.3 Å². The van der Waals surface area contributed by atoms with Crippen molar-refractivity contribution in [3.8, 4) is 0 Å². The van der Waals surface area contributed by atoms with Gasteiger partial charge in [-0.1, -0.05) is 12.2 Å². The maximum absolute atomic E-state index is 10.8. The number of hydrogen-bond donors (Lipinski definition) is 2. The average molecular weight is 297 g/mol. The highest BCUT2D eigenvalue weighted by atomic mass is 32.2. The molecular formula is C10H21N2O4S2+. The molecular weight excluding hydrogens is 276 g/mol. The van der Waals surface area contributed by atoms with Gasteiger partial charge in [0, 0.05) is 6.92 Å². The summed E-state index contributed by atoms with van der Waals surface area (Å²) in [5, 5.41) is 9.35. The molecule has 0 radical (unpaired) electrons. The SMILES string of the molecule is CC(=O)SC(=S)[C@H](N)C(O)OOCC[N+](C)(C)C. The molecule has 0 aromatic carbocycles. The number of aliphatic hydroxyl groups excluding tert-OH is 1. The van der Waals surface area contributed by atoms with Crippen LogP contribution in [0.1, 0.15) is 6.92 Å². The first-order valence-electron chi connectivity index (χ1n) is 5.38. The van der Waals surface area contributed by atoms with E-state index >= 15 is 0 Å². The van der Waals surface area contributed by atoms with Crippen molar-refractivity contribution < 1.29 is 24.2 Å². The van der Waals surface area contributed by atoms with Crippen LogP contribution < -0.4 is 5.73 Å². The highest BCUT2D eigenvalue weighted by molar-refractivity contribution is 8.33. The zero-order chi connectivity index (χ0) is 14.3. The summed E-state index contributed by atoms with van der Waals surface area (Å²) in [6.45, 7) is 2.41. The van der Waals surface area contributed by atoms with Crippen LogP contribution in [0.25, 0.3) is 0 Å². The van der Waals surface area contributed by atoms with Crippen molar-refractivity contribution in [2.45, 2.75) is 19.3 Å². The lowest BCUT2D eigenvalue weighted by molar-refractivity contribution is -0.872. The van der Waals surface area contributed by atoms with E-state index in [1.165, 1.54) is 6.92 Å². The molecule has 0 heterocycles. The smallest absolute Gasteiger partial charge is 0.209 e. The maximum Gasteiger partial charge on any atom is 0.209 e. The molecule has 0 saturated heterocycles. The molecule has 0 fully saturated rings. The lowest BCUT2D eigenvalue weighted by atomic mass is 10.3. The topological polar surface area (TPSA) is 81.8 Å². The minimum Gasteiger partial charge on any atom is -0.364 e. The van der Waals surface area contributed by atoms with Crippen LogP contribution in [0.3, 0.4) is 0 Å². The minimum atomic E-state index is -1.38. The molecule has 8 heteroatoms. The van der Waals surface area contributed by atoms with Crippen LogP contribution in [-0.4, -0.2) is 65.5 Å². The van der Waals surface area contributed by atoms with E-state index in [2.05, 4.69) is 0 Å². The number of hydrogen-bond acceptors (Lipinski definition) is 7. The van der Waals surface area contributed by atoms with Crippen LogP contribution in [0.2, 0.25) is 0 Å². The Kier molecular flexibility index (Phi) is 8.11. The van der Waals surface area contributed by atoms with Crippen LogP contribution in [0.5, 0.6) is 0 Å². The van der Waals surface area contributed by atoms with Gasteiger partial charge in [0.05, 0.1) is 25.3 Å². The van der Waals surface area contributed by atoms with Crippen molar-refractivity contribution >= 4 is 33.3 Å². The van der Waals surface area contributed by atoms with Gasteiger partial charge in [-0.15, -0.1) is 0 Å². The van der Waals surface area contributed by atoms with E-state index in [-0.39, 0.29) is 9.31 Å². The number of thiocarbonyl (C=S) groups is 1. The Morgan fingerprint density at radius 2 is 2.06 bits per heavy atom. The molecule has 0 saturated carbocycles. The molecule has 106 valence electrons. The number of quaternary nitrogens is 1. The average Bonchev–Trinajstić information content (AvgIpc) is 2.20. The number of thioether (sulfide) groups is 1. The number of carbonyl (C=O) groups is 1. The Bertz CT molecular complexity index is 294. The fourth-order valence-corrected chi connectivity index (χ4v) is 1.82. The zero-order valence-corrected chi connectivity index (χ0v) is 12.7. The van der Waals surface area contributed by atoms with E-state index in [9.17, 15) is 9.90 Å². The Labute approximate surface area is 117 Å². The number of carbonyl (C=O) groups excluding carboxylic acids is 1. The second-order valence-corrected chi connectivity index (χ2v) is 6.68. The van der Waals surface area contributed by atoms with Crippen LogP contribution in [0, 0.1) is 0 Å².